The quantitative estimate of drug-likeness (QED) is 0.852. The molecule has 1 amide bonds. The summed E-state index contributed by atoms with van der Waals surface area (Å²) in [5.74, 6) is 0.963. The van der Waals surface area contributed by atoms with Crippen LogP contribution in [0.2, 0.25) is 0 Å². The topological polar surface area (TPSA) is 64.3 Å². The zero-order valence-corrected chi connectivity index (χ0v) is 11.4. The van der Waals surface area contributed by atoms with E-state index in [2.05, 4.69) is 5.32 Å². The van der Waals surface area contributed by atoms with Gasteiger partial charge in [-0.15, -0.1) is 0 Å². The van der Waals surface area contributed by atoms with Crippen molar-refractivity contribution < 1.29 is 9.53 Å². The lowest BCUT2D eigenvalue weighted by atomic mass is 10.0. The maximum atomic E-state index is 12.2. The molecule has 0 spiro atoms. The summed E-state index contributed by atoms with van der Waals surface area (Å²) in [6.07, 6.45) is 3.34. The molecule has 1 aliphatic carbocycles. The molecule has 1 aromatic carbocycles. The van der Waals surface area contributed by atoms with Crippen molar-refractivity contribution in [3.8, 4) is 5.75 Å². The number of carbonyl (C=O) groups is 1. The summed E-state index contributed by atoms with van der Waals surface area (Å²) in [7, 11) is 0. The lowest BCUT2D eigenvalue weighted by molar-refractivity contribution is 0.0942. The Morgan fingerprint density at radius 2 is 2.21 bits per heavy atom. The van der Waals surface area contributed by atoms with Gasteiger partial charge in [-0.05, 0) is 37.8 Å². The second-order valence-corrected chi connectivity index (χ2v) is 4.99. The molecule has 4 heteroatoms. The molecule has 1 fully saturated rings. The molecule has 0 aromatic heterocycles. The molecule has 0 heterocycles. The maximum absolute atomic E-state index is 12.2. The number of carbonyl (C=O) groups excluding carboxylic acids is 1. The van der Waals surface area contributed by atoms with Crippen molar-refractivity contribution >= 4 is 5.91 Å². The molecule has 3 N–H and O–H groups in total. The summed E-state index contributed by atoms with van der Waals surface area (Å²) in [5.41, 5.74) is 6.60. The van der Waals surface area contributed by atoms with E-state index in [-0.39, 0.29) is 11.9 Å². The molecule has 104 valence electrons. The molecule has 0 aliphatic heterocycles. The number of ether oxygens (including phenoxy) is 1. The standard InChI is InChI=1S/C15H22N2O2/c1-2-19-14-9-4-3-7-12(14)15(18)17-10-11-6-5-8-13(11)16/h3-4,7,9,11,13H,2,5-6,8,10,16H2,1H3,(H,17,18). The molecule has 2 atom stereocenters. The SMILES string of the molecule is CCOc1ccccc1C(=O)NCC1CCCC1N. The summed E-state index contributed by atoms with van der Waals surface area (Å²) in [4.78, 5) is 12.2. The molecule has 0 saturated heterocycles. The fraction of sp³-hybridized carbons (Fsp3) is 0.533. The van der Waals surface area contributed by atoms with Gasteiger partial charge in [0.2, 0.25) is 0 Å². The van der Waals surface area contributed by atoms with Crippen LogP contribution in [-0.4, -0.2) is 25.1 Å². The second kappa shape index (κ2) is 6.57. The predicted octanol–water partition coefficient (Wildman–Crippen LogP) is 1.94. The number of para-hydroxylation sites is 1. The van der Waals surface area contributed by atoms with Gasteiger partial charge < -0.3 is 15.8 Å². The van der Waals surface area contributed by atoms with E-state index in [1.807, 2.05) is 25.1 Å². The Kier molecular flexibility index (Phi) is 4.80. The first-order valence-electron chi connectivity index (χ1n) is 6.98. The first kappa shape index (κ1) is 13.9. The van der Waals surface area contributed by atoms with Crippen LogP contribution in [0.15, 0.2) is 24.3 Å². The van der Waals surface area contributed by atoms with Crippen LogP contribution in [0.4, 0.5) is 0 Å². The molecular formula is C15H22N2O2. The van der Waals surface area contributed by atoms with Gasteiger partial charge in [0.1, 0.15) is 5.75 Å². The predicted molar refractivity (Wildman–Crippen MR) is 75.3 cm³/mol. The molecule has 19 heavy (non-hydrogen) atoms. The van der Waals surface area contributed by atoms with E-state index in [1.165, 1.54) is 0 Å². The van der Waals surface area contributed by atoms with Crippen LogP contribution >= 0.6 is 0 Å². The fourth-order valence-electron chi connectivity index (χ4n) is 2.57. The van der Waals surface area contributed by atoms with Crippen molar-refractivity contribution in [2.45, 2.75) is 32.2 Å². The molecule has 0 bridgehead atoms. The Morgan fingerprint density at radius 1 is 1.42 bits per heavy atom. The zero-order valence-electron chi connectivity index (χ0n) is 11.4. The van der Waals surface area contributed by atoms with Crippen molar-refractivity contribution in [2.75, 3.05) is 13.2 Å². The highest BCUT2D eigenvalue weighted by Crippen LogP contribution is 2.23. The smallest absolute Gasteiger partial charge is 0.255 e. The molecular weight excluding hydrogens is 240 g/mol. The number of benzene rings is 1. The van der Waals surface area contributed by atoms with Crippen molar-refractivity contribution in [3.05, 3.63) is 29.8 Å². The molecule has 1 aromatic rings. The number of rotatable bonds is 5. The molecule has 2 rings (SSSR count). The van der Waals surface area contributed by atoms with Crippen molar-refractivity contribution in [3.63, 3.8) is 0 Å². The monoisotopic (exact) mass is 262 g/mol. The van der Waals surface area contributed by atoms with Gasteiger partial charge in [-0.3, -0.25) is 4.79 Å². The lowest BCUT2D eigenvalue weighted by Gasteiger charge is -2.16. The highest BCUT2D eigenvalue weighted by Gasteiger charge is 2.24. The molecule has 2 unspecified atom stereocenters. The minimum atomic E-state index is -0.0804. The van der Waals surface area contributed by atoms with Crippen molar-refractivity contribution in [1.82, 2.24) is 5.32 Å². The summed E-state index contributed by atoms with van der Waals surface area (Å²) < 4.78 is 5.47. The molecule has 0 radical (unpaired) electrons. The van der Waals surface area contributed by atoms with E-state index in [1.54, 1.807) is 6.07 Å². The molecule has 1 saturated carbocycles. The second-order valence-electron chi connectivity index (χ2n) is 4.99. The first-order valence-corrected chi connectivity index (χ1v) is 6.98. The van der Waals surface area contributed by atoms with Crippen LogP contribution in [-0.2, 0) is 0 Å². The van der Waals surface area contributed by atoms with Gasteiger partial charge in [0.25, 0.3) is 5.91 Å². The van der Waals surface area contributed by atoms with Gasteiger partial charge in [0, 0.05) is 12.6 Å². The normalized spacial score (nSPS) is 22.2. The van der Waals surface area contributed by atoms with Gasteiger partial charge in [-0.25, -0.2) is 0 Å². The van der Waals surface area contributed by atoms with E-state index in [9.17, 15) is 4.79 Å². The van der Waals surface area contributed by atoms with Gasteiger partial charge in [0.15, 0.2) is 0 Å². The van der Waals surface area contributed by atoms with Crippen LogP contribution in [0, 0.1) is 5.92 Å². The average Bonchev–Trinajstić information content (AvgIpc) is 2.82. The van der Waals surface area contributed by atoms with Crippen molar-refractivity contribution in [2.24, 2.45) is 11.7 Å². The van der Waals surface area contributed by atoms with E-state index in [0.717, 1.165) is 19.3 Å². The summed E-state index contributed by atoms with van der Waals surface area (Å²) in [6, 6.07) is 7.55. The average molecular weight is 262 g/mol. The minimum Gasteiger partial charge on any atom is -0.493 e. The Morgan fingerprint density at radius 3 is 2.89 bits per heavy atom. The number of hydrogen-bond donors (Lipinski definition) is 2. The Balaban J connectivity index is 1.95. The number of hydrogen-bond acceptors (Lipinski definition) is 3. The third-order valence-electron chi connectivity index (χ3n) is 3.67. The van der Waals surface area contributed by atoms with Gasteiger partial charge >= 0.3 is 0 Å². The van der Waals surface area contributed by atoms with Crippen LogP contribution in [0.1, 0.15) is 36.5 Å². The number of nitrogens with one attached hydrogen (secondary N) is 1. The Bertz CT molecular complexity index is 434. The summed E-state index contributed by atoms with van der Waals surface area (Å²) in [6.45, 7) is 3.12. The lowest BCUT2D eigenvalue weighted by Crippen LogP contribution is -2.36. The number of amides is 1. The van der Waals surface area contributed by atoms with Gasteiger partial charge in [0.05, 0.1) is 12.2 Å². The third kappa shape index (κ3) is 3.47. The highest BCUT2D eigenvalue weighted by molar-refractivity contribution is 5.96. The van der Waals surface area contributed by atoms with E-state index >= 15 is 0 Å². The van der Waals surface area contributed by atoms with Gasteiger partial charge in [-0.2, -0.15) is 0 Å². The van der Waals surface area contributed by atoms with E-state index < -0.39 is 0 Å². The van der Waals surface area contributed by atoms with E-state index in [0.29, 0.717) is 30.4 Å². The van der Waals surface area contributed by atoms with Gasteiger partial charge in [-0.1, -0.05) is 18.6 Å². The number of nitrogens with two attached hydrogens (primary N) is 1. The zero-order chi connectivity index (χ0) is 13.7. The molecule has 1 aliphatic rings. The fourth-order valence-corrected chi connectivity index (χ4v) is 2.57. The van der Waals surface area contributed by atoms with Crippen LogP contribution in [0.5, 0.6) is 5.75 Å². The highest BCUT2D eigenvalue weighted by atomic mass is 16.5. The first-order chi connectivity index (χ1) is 9.22. The van der Waals surface area contributed by atoms with Crippen LogP contribution in [0.25, 0.3) is 0 Å². The van der Waals surface area contributed by atoms with E-state index in [4.69, 9.17) is 10.5 Å². The Hall–Kier alpha value is -1.55. The summed E-state index contributed by atoms with van der Waals surface area (Å²) >= 11 is 0. The maximum Gasteiger partial charge on any atom is 0.255 e. The summed E-state index contributed by atoms with van der Waals surface area (Å²) in [5, 5.41) is 2.97. The Labute approximate surface area is 114 Å². The van der Waals surface area contributed by atoms with Crippen LogP contribution in [0.3, 0.4) is 0 Å². The van der Waals surface area contributed by atoms with Crippen LogP contribution < -0.4 is 15.8 Å². The molecule has 4 nitrogen and oxygen atoms in total. The minimum absolute atomic E-state index is 0.0804. The third-order valence-corrected chi connectivity index (χ3v) is 3.67. The van der Waals surface area contributed by atoms with Crippen molar-refractivity contribution in [1.29, 1.82) is 0 Å². The largest absolute Gasteiger partial charge is 0.493 e.